The monoisotopic (exact) mass is 467 g/mol. The Balaban J connectivity index is 1.49. The number of esters is 1. The molecule has 0 saturated heterocycles. The molecule has 5 rings (SSSR count). The Kier molecular flexibility index (Phi) is 5.89. The molecular formula is C28H22FN3O3. The molecule has 0 atom stereocenters. The van der Waals surface area contributed by atoms with Crippen LogP contribution in [0, 0.1) is 5.82 Å². The third-order valence-corrected chi connectivity index (χ3v) is 5.85. The highest BCUT2D eigenvalue weighted by molar-refractivity contribution is 5.99. The van der Waals surface area contributed by atoms with Crippen molar-refractivity contribution in [3.63, 3.8) is 0 Å². The van der Waals surface area contributed by atoms with Crippen molar-refractivity contribution in [1.29, 1.82) is 0 Å². The Bertz CT molecular complexity index is 1520. The molecule has 6 nitrogen and oxygen atoms in total. The Morgan fingerprint density at radius 3 is 2.34 bits per heavy atom. The average Bonchev–Trinajstić information content (AvgIpc) is 3.45. The Hall–Kier alpha value is -4.65. The zero-order valence-corrected chi connectivity index (χ0v) is 18.9. The molecule has 35 heavy (non-hydrogen) atoms. The molecule has 0 fully saturated rings. The summed E-state index contributed by atoms with van der Waals surface area (Å²) >= 11 is 0. The summed E-state index contributed by atoms with van der Waals surface area (Å²) in [6.45, 7) is -0.0928. The van der Waals surface area contributed by atoms with Crippen LogP contribution in [0.2, 0.25) is 0 Å². The molecule has 1 N–H and O–H groups in total. The maximum absolute atomic E-state index is 13.4. The first kappa shape index (κ1) is 22.2. The van der Waals surface area contributed by atoms with Gasteiger partial charge < -0.3 is 19.2 Å². The summed E-state index contributed by atoms with van der Waals surface area (Å²) < 4.78 is 21.8. The predicted octanol–water partition coefficient (Wildman–Crippen LogP) is 5.66. The van der Waals surface area contributed by atoms with E-state index in [1.165, 1.54) is 19.2 Å². The van der Waals surface area contributed by atoms with Gasteiger partial charge in [-0.25, -0.2) is 9.18 Å². The fourth-order valence-electron chi connectivity index (χ4n) is 4.21. The zero-order valence-electron chi connectivity index (χ0n) is 18.9. The van der Waals surface area contributed by atoms with Crippen molar-refractivity contribution in [2.24, 2.45) is 0 Å². The second kappa shape index (κ2) is 9.30. The molecule has 0 bridgehead atoms. The van der Waals surface area contributed by atoms with Crippen molar-refractivity contribution in [2.45, 2.75) is 6.54 Å². The van der Waals surface area contributed by atoms with Crippen LogP contribution in [0.3, 0.4) is 0 Å². The standard InChI is InChI=1S/C28H22FN3O3/c1-35-28(34)26-17-25-24(15-16-31(25)21-13-11-20(29)12-14-21)32(26)18-27(33)30-23-10-6-5-9-22(23)19-7-3-2-4-8-19/h2-17H,18H2,1H3,(H,30,33). The van der Waals surface area contributed by atoms with Crippen molar-refractivity contribution in [3.05, 3.63) is 109 Å². The van der Waals surface area contributed by atoms with Crippen LogP contribution in [0.5, 0.6) is 0 Å². The van der Waals surface area contributed by atoms with E-state index in [2.05, 4.69) is 5.32 Å². The molecule has 2 heterocycles. The second-order valence-corrected chi connectivity index (χ2v) is 8.00. The average molecular weight is 468 g/mol. The molecule has 0 aliphatic heterocycles. The lowest BCUT2D eigenvalue weighted by Gasteiger charge is -2.13. The van der Waals surface area contributed by atoms with Crippen molar-refractivity contribution < 1.29 is 18.7 Å². The molecule has 0 aliphatic rings. The van der Waals surface area contributed by atoms with E-state index in [1.807, 2.05) is 71.4 Å². The lowest BCUT2D eigenvalue weighted by atomic mass is 10.0. The molecule has 0 aliphatic carbocycles. The number of benzene rings is 3. The molecule has 5 aromatic rings. The number of hydrogen-bond donors (Lipinski definition) is 1. The maximum atomic E-state index is 13.4. The largest absolute Gasteiger partial charge is 0.464 e. The highest BCUT2D eigenvalue weighted by Gasteiger charge is 2.21. The van der Waals surface area contributed by atoms with Crippen molar-refractivity contribution >= 4 is 28.6 Å². The number of rotatable bonds is 6. The van der Waals surface area contributed by atoms with Gasteiger partial charge in [-0.2, -0.15) is 0 Å². The number of nitrogens with zero attached hydrogens (tertiary/aromatic N) is 2. The molecular weight excluding hydrogens is 445 g/mol. The van der Waals surface area contributed by atoms with Gasteiger partial charge in [0.15, 0.2) is 0 Å². The topological polar surface area (TPSA) is 65.3 Å². The first-order valence-electron chi connectivity index (χ1n) is 11.0. The number of carbonyl (C=O) groups excluding carboxylic acids is 2. The lowest BCUT2D eigenvalue weighted by molar-refractivity contribution is -0.116. The maximum Gasteiger partial charge on any atom is 0.354 e. The normalized spacial score (nSPS) is 10.9. The van der Waals surface area contributed by atoms with E-state index in [9.17, 15) is 14.0 Å². The van der Waals surface area contributed by atoms with Gasteiger partial charge in [0.1, 0.15) is 18.1 Å². The third kappa shape index (κ3) is 4.31. The second-order valence-electron chi connectivity index (χ2n) is 8.00. The summed E-state index contributed by atoms with van der Waals surface area (Å²) in [7, 11) is 1.30. The van der Waals surface area contributed by atoms with E-state index in [0.717, 1.165) is 16.8 Å². The number of ether oxygens (including phenoxy) is 1. The summed E-state index contributed by atoms with van der Waals surface area (Å²) in [5.74, 6) is -1.17. The number of aromatic nitrogens is 2. The van der Waals surface area contributed by atoms with Gasteiger partial charge >= 0.3 is 5.97 Å². The van der Waals surface area contributed by atoms with Crippen molar-refractivity contribution in [2.75, 3.05) is 12.4 Å². The number of methoxy groups -OCH3 is 1. The van der Waals surface area contributed by atoms with Gasteiger partial charge in [0.05, 0.1) is 18.1 Å². The SMILES string of the molecule is COC(=O)c1cc2c(ccn2-c2ccc(F)cc2)n1CC(=O)Nc1ccccc1-c1ccccc1. The molecule has 0 saturated carbocycles. The number of fused-ring (bicyclic) bond motifs is 1. The van der Waals surface area contributed by atoms with Crippen LogP contribution in [0.15, 0.2) is 97.2 Å². The lowest BCUT2D eigenvalue weighted by Crippen LogP contribution is -2.22. The Labute approximate surface area is 201 Å². The van der Waals surface area contributed by atoms with Gasteiger partial charge in [-0.05, 0) is 48.0 Å². The van der Waals surface area contributed by atoms with E-state index in [4.69, 9.17) is 4.74 Å². The van der Waals surface area contributed by atoms with E-state index >= 15 is 0 Å². The van der Waals surface area contributed by atoms with Crippen LogP contribution in [0.1, 0.15) is 10.5 Å². The fourth-order valence-corrected chi connectivity index (χ4v) is 4.21. The number of carbonyl (C=O) groups is 2. The number of hydrogen-bond acceptors (Lipinski definition) is 3. The Morgan fingerprint density at radius 1 is 0.886 bits per heavy atom. The Morgan fingerprint density at radius 2 is 1.60 bits per heavy atom. The quantitative estimate of drug-likeness (QED) is 0.328. The molecule has 7 heteroatoms. The van der Waals surface area contributed by atoms with Gasteiger partial charge in [0.25, 0.3) is 0 Å². The summed E-state index contributed by atoms with van der Waals surface area (Å²) in [4.78, 5) is 25.7. The summed E-state index contributed by atoms with van der Waals surface area (Å²) in [6.07, 6.45) is 1.82. The predicted molar refractivity (Wildman–Crippen MR) is 133 cm³/mol. The van der Waals surface area contributed by atoms with E-state index in [-0.39, 0.29) is 24.0 Å². The van der Waals surface area contributed by atoms with Crippen LogP contribution in [-0.4, -0.2) is 28.1 Å². The van der Waals surface area contributed by atoms with Crippen LogP contribution < -0.4 is 5.32 Å². The van der Waals surface area contributed by atoms with Crippen LogP contribution >= 0.6 is 0 Å². The highest BCUT2D eigenvalue weighted by Crippen LogP contribution is 2.29. The number of anilines is 1. The summed E-state index contributed by atoms with van der Waals surface area (Å²) in [6, 6.07) is 26.9. The number of para-hydroxylation sites is 1. The van der Waals surface area contributed by atoms with Crippen molar-refractivity contribution in [1.82, 2.24) is 9.13 Å². The van der Waals surface area contributed by atoms with Crippen LogP contribution in [0.4, 0.5) is 10.1 Å². The first-order valence-corrected chi connectivity index (χ1v) is 11.0. The molecule has 0 unspecified atom stereocenters. The molecule has 1 amide bonds. The minimum absolute atomic E-state index is 0.0928. The minimum atomic E-state index is -0.552. The van der Waals surface area contributed by atoms with Crippen LogP contribution in [0.25, 0.3) is 27.8 Å². The highest BCUT2D eigenvalue weighted by atomic mass is 19.1. The van der Waals surface area contributed by atoms with E-state index in [0.29, 0.717) is 16.7 Å². The van der Waals surface area contributed by atoms with Gasteiger partial charge in [0, 0.05) is 23.1 Å². The number of amides is 1. The van der Waals surface area contributed by atoms with E-state index in [1.54, 1.807) is 22.8 Å². The molecule has 3 aromatic carbocycles. The number of nitrogens with one attached hydrogen (secondary N) is 1. The smallest absolute Gasteiger partial charge is 0.354 e. The third-order valence-electron chi connectivity index (χ3n) is 5.85. The van der Waals surface area contributed by atoms with Gasteiger partial charge in [-0.15, -0.1) is 0 Å². The zero-order chi connectivity index (χ0) is 24.4. The van der Waals surface area contributed by atoms with Gasteiger partial charge in [0.2, 0.25) is 5.91 Å². The summed E-state index contributed by atoms with van der Waals surface area (Å²) in [5, 5.41) is 2.98. The van der Waals surface area contributed by atoms with Crippen LogP contribution in [-0.2, 0) is 16.1 Å². The molecule has 0 spiro atoms. The van der Waals surface area contributed by atoms with Gasteiger partial charge in [-0.3, -0.25) is 4.79 Å². The summed E-state index contributed by atoms with van der Waals surface area (Å²) in [5.41, 5.74) is 4.93. The molecule has 174 valence electrons. The first-order chi connectivity index (χ1) is 17.0. The molecule has 0 radical (unpaired) electrons. The number of halogens is 1. The van der Waals surface area contributed by atoms with Crippen molar-refractivity contribution in [3.8, 4) is 16.8 Å². The van der Waals surface area contributed by atoms with Gasteiger partial charge in [-0.1, -0.05) is 48.5 Å². The fraction of sp³-hybridized carbons (Fsp3) is 0.0714. The molecule has 2 aromatic heterocycles. The van der Waals surface area contributed by atoms with E-state index < -0.39 is 5.97 Å². The minimum Gasteiger partial charge on any atom is -0.464 e.